The Kier molecular flexibility index (Phi) is 4.00. The second kappa shape index (κ2) is 5.35. The van der Waals surface area contributed by atoms with Crippen LogP contribution in [0.1, 0.15) is 70.1 Å². The van der Waals surface area contributed by atoms with Gasteiger partial charge in [-0.3, -0.25) is 0 Å². The van der Waals surface area contributed by atoms with E-state index in [1.54, 1.807) is 0 Å². The first kappa shape index (κ1) is 13.5. The van der Waals surface area contributed by atoms with Crippen LogP contribution in [0.3, 0.4) is 0 Å². The number of nitrogens with zero attached hydrogens (tertiary/aromatic N) is 2. The van der Waals surface area contributed by atoms with E-state index in [2.05, 4.69) is 44.2 Å². The molecule has 3 nitrogen and oxygen atoms in total. The second-order valence-electron chi connectivity index (χ2n) is 6.24. The molecule has 0 spiro atoms. The monoisotopic (exact) mass is 247 g/mol. The number of nitrogens with one attached hydrogen (secondary N) is 1. The van der Waals surface area contributed by atoms with E-state index in [1.807, 2.05) is 0 Å². The van der Waals surface area contributed by atoms with Crippen molar-refractivity contribution in [3.05, 3.63) is 23.3 Å². The minimum atomic E-state index is 0.0405. The van der Waals surface area contributed by atoms with Crippen molar-refractivity contribution in [3.8, 4) is 0 Å². The molecule has 0 radical (unpaired) electrons. The SMILES string of the molecule is CCCNC1CCCc2nc(C(C)(C)C)ncc21. The molecule has 1 aliphatic rings. The van der Waals surface area contributed by atoms with Crippen molar-refractivity contribution in [2.75, 3.05) is 6.54 Å². The van der Waals surface area contributed by atoms with Crippen LogP contribution in [0.25, 0.3) is 0 Å². The Balaban J connectivity index is 2.25. The molecule has 1 atom stereocenters. The van der Waals surface area contributed by atoms with Crippen molar-refractivity contribution in [1.29, 1.82) is 0 Å². The third-order valence-corrected chi connectivity index (χ3v) is 3.49. The van der Waals surface area contributed by atoms with Crippen LogP contribution in [0.2, 0.25) is 0 Å². The summed E-state index contributed by atoms with van der Waals surface area (Å²) in [7, 11) is 0. The van der Waals surface area contributed by atoms with Gasteiger partial charge in [-0.05, 0) is 32.2 Å². The summed E-state index contributed by atoms with van der Waals surface area (Å²) in [5.74, 6) is 0.970. The van der Waals surface area contributed by atoms with Crippen molar-refractivity contribution in [1.82, 2.24) is 15.3 Å². The predicted molar refractivity (Wildman–Crippen MR) is 74.7 cm³/mol. The third-order valence-electron chi connectivity index (χ3n) is 3.49. The maximum Gasteiger partial charge on any atom is 0.133 e. The van der Waals surface area contributed by atoms with Gasteiger partial charge in [0.1, 0.15) is 5.82 Å². The van der Waals surface area contributed by atoms with E-state index in [0.29, 0.717) is 6.04 Å². The highest BCUT2D eigenvalue weighted by Gasteiger charge is 2.24. The molecule has 0 saturated carbocycles. The highest BCUT2D eigenvalue weighted by molar-refractivity contribution is 5.25. The summed E-state index contributed by atoms with van der Waals surface area (Å²) in [6.45, 7) is 9.79. The van der Waals surface area contributed by atoms with Crippen LogP contribution in [0, 0.1) is 0 Å². The molecular formula is C15H25N3. The average Bonchev–Trinajstić information content (AvgIpc) is 2.34. The molecule has 0 saturated heterocycles. The van der Waals surface area contributed by atoms with Crippen LogP contribution >= 0.6 is 0 Å². The van der Waals surface area contributed by atoms with E-state index in [1.165, 1.54) is 30.5 Å². The average molecular weight is 247 g/mol. The fourth-order valence-electron chi connectivity index (χ4n) is 2.44. The van der Waals surface area contributed by atoms with E-state index < -0.39 is 0 Å². The first-order chi connectivity index (χ1) is 8.52. The van der Waals surface area contributed by atoms with E-state index in [0.717, 1.165) is 18.8 Å². The van der Waals surface area contributed by atoms with Crippen LogP contribution in [-0.2, 0) is 11.8 Å². The van der Waals surface area contributed by atoms with Gasteiger partial charge in [-0.25, -0.2) is 9.97 Å². The molecule has 1 heterocycles. The zero-order chi connectivity index (χ0) is 13.2. The lowest BCUT2D eigenvalue weighted by Gasteiger charge is -2.27. The standard InChI is InChI=1S/C15H25N3/c1-5-9-16-12-7-6-8-13-11(12)10-17-14(18-13)15(2,3)4/h10,12,16H,5-9H2,1-4H3. The number of rotatable bonds is 3. The summed E-state index contributed by atoms with van der Waals surface area (Å²) < 4.78 is 0. The number of hydrogen-bond donors (Lipinski definition) is 1. The summed E-state index contributed by atoms with van der Waals surface area (Å²) in [5.41, 5.74) is 2.62. The molecule has 1 aromatic heterocycles. The minimum absolute atomic E-state index is 0.0405. The molecule has 1 aromatic rings. The third kappa shape index (κ3) is 2.89. The molecule has 2 rings (SSSR count). The maximum absolute atomic E-state index is 4.79. The van der Waals surface area contributed by atoms with Gasteiger partial charge in [-0.1, -0.05) is 27.7 Å². The first-order valence-electron chi connectivity index (χ1n) is 7.12. The Morgan fingerprint density at radius 3 is 2.83 bits per heavy atom. The smallest absolute Gasteiger partial charge is 0.133 e. The van der Waals surface area contributed by atoms with Crippen LogP contribution in [0.5, 0.6) is 0 Å². The zero-order valence-electron chi connectivity index (χ0n) is 12.1. The highest BCUT2D eigenvalue weighted by atomic mass is 15.0. The Morgan fingerprint density at radius 1 is 1.39 bits per heavy atom. The van der Waals surface area contributed by atoms with Crippen LogP contribution in [-0.4, -0.2) is 16.5 Å². The van der Waals surface area contributed by atoms with Crippen molar-refractivity contribution in [2.24, 2.45) is 0 Å². The largest absolute Gasteiger partial charge is 0.310 e. The first-order valence-corrected chi connectivity index (χ1v) is 7.12. The van der Waals surface area contributed by atoms with Gasteiger partial charge < -0.3 is 5.32 Å². The van der Waals surface area contributed by atoms with Gasteiger partial charge in [0.25, 0.3) is 0 Å². The Morgan fingerprint density at radius 2 is 2.17 bits per heavy atom. The molecule has 100 valence electrons. The molecule has 3 heteroatoms. The Labute approximate surface area is 110 Å². The molecule has 0 aliphatic heterocycles. The van der Waals surface area contributed by atoms with Crippen molar-refractivity contribution < 1.29 is 0 Å². The molecule has 0 aromatic carbocycles. The van der Waals surface area contributed by atoms with E-state index in [9.17, 15) is 0 Å². The van der Waals surface area contributed by atoms with Crippen molar-refractivity contribution in [3.63, 3.8) is 0 Å². The lowest BCUT2D eigenvalue weighted by molar-refractivity contribution is 0.446. The number of hydrogen-bond acceptors (Lipinski definition) is 3. The number of fused-ring (bicyclic) bond motifs is 1. The predicted octanol–water partition coefficient (Wildman–Crippen LogP) is 3.15. The van der Waals surface area contributed by atoms with Crippen LogP contribution in [0.15, 0.2) is 6.20 Å². The Bertz CT molecular complexity index is 407. The summed E-state index contributed by atoms with van der Waals surface area (Å²) in [6.07, 6.45) is 6.77. The van der Waals surface area contributed by atoms with E-state index >= 15 is 0 Å². The minimum Gasteiger partial charge on any atom is -0.310 e. The molecular weight excluding hydrogens is 222 g/mol. The van der Waals surface area contributed by atoms with E-state index in [-0.39, 0.29) is 5.41 Å². The summed E-state index contributed by atoms with van der Waals surface area (Å²) >= 11 is 0. The fourth-order valence-corrected chi connectivity index (χ4v) is 2.44. The molecule has 0 bridgehead atoms. The maximum atomic E-state index is 4.79. The lowest BCUT2D eigenvalue weighted by atomic mass is 9.90. The number of aromatic nitrogens is 2. The van der Waals surface area contributed by atoms with Gasteiger partial charge in [0.2, 0.25) is 0 Å². The van der Waals surface area contributed by atoms with Gasteiger partial charge in [0.05, 0.1) is 0 Å². The van der Waals surface area contributed by atoms with Gasteiger partial charge >= 0.3 is 0 Å². The summed E-state index contributed by atoms with van der Waals surface area (Å²) in [4.78, 5) is 9.36. The molecule has 0 fully saturated rings. The van der Waals surface area contributed by atoms with E-state index in [4.69, 9.17) is 4.98 Å². The topological polar surface area (TPSA) is 37.8 Å². The molecule has 1 N–H and O–H groups in total. The summed E-state index contributed by atoms with van der Waals surface area (Å²) in [6, 6.07) is 0.461. The molecule has 1 aliphatic carbocycles. The highest BCUT2D eigenvalue weighted by Crippen LogP contribution is 2.29. The second-order valence-corrected chi connectivity index (χ2v) is 6.24. The van der Waals surface area contributed by atoms with Gasteiger partial charge in [0.15, 0.2) is 0 Å². The van der Waals surface area contributed by atoms with Gasteiger partial charge in [0, 0.05) is 28.9 Å². The molecule has 18 heavy (non-hydrogen) atoms. The van der Waals surface area contributed by atoms with Gasteiger partial charge in [-0.2, -0.15) is 0 Å². The Hall–Kier alpha value is -0.960. The molecule has 0 amide bonds. The van der Waals surface area contributed by atoms with Crippen LogP contribution < -0.4 is 5.32 Å². The van der Waals surface area contributed by atoms with Crippen molar-refractivity contribution in [2.45, 2.75) is 64.8 Å². The normalized spacial score (nSPS) is 19.7. The molecule has 1 unspecified atom stereocenters. The quantitative estimate of drug-likeness (QED) is 0.891. The zero-order valence-corrected chi connectivity index (χ0v) is 12.1. The summed E-state index contributed by atoms with van der Waals surface area (Å²) in [5, 5.41) is 3.61. The lowest BCUT2D eigenvalue weighted by Crippen LogP contribution is -2.28. The number of aryl methyl sites for hydroxylation is 1. The van der Waals surface area contributed by atoms with Crippen molar-refractivity contribution >= 4 is 0 Å². The van der Waals surface area contributed by atoms with Gasteiger partial charge in [-0.15, -0.1) is 0 Å². The van der Waals surface area contributed by atoms with Crippen LogP contribution in [0.4, 0.5) is 0 Å². The fraction of sp³-hybridized carbons (Fsp3) is 0.733.